The van der Waals surface area contributed by atoms with E-state index in [9.17, 15) is 9.59 Å². The summed E-state index contributed by atoms with van der Waals surface area (Å²) in [7, 11) is 3.40. The van der Waals surface area contributed by atoms with Crippen molar-refractivity contribution in [2.24, 2.45) is 0 Å². The summed E-state index contributed by atoms with van der Waals surface area (Å²) in [6.07, 6.45) is 3.16. The van der Waals surface area contributed by atoms with Crippen LogP contribution in [0.5, 0.6) is 0 Å². The molecule has 0 radical (unpaired) electrons. The fourth-order valence-corrected chi connectivity index (χ4v) is 2.85. The molecule has 0 aliphatic rings. The maximum Gasteiger partial charge on any atom is 0.319 e. The van der Waals surface area contributed by atoms with Gasteiger partial charge >= 0.3 is 6.03 Å². The predicted octanol–water partition coefficient (Wildman–Crippen LogP) is 3.24. The van der Waals surface area contributed by atoms with Crippen LogP contribution in [0.15, 0.2) is 53.1 Å². The lowest BCUT2D eigenvalue weighted by molar-refractivity contribution is -0.132. The largest absolute Gasteiger partial charge is 0.467 e. The van der Waals surface area contributed by atoms with E-state index in [1.165, 1.54) is 10.5 Å². The lowest BCUT2D eigenvalue weighted by Gasteiger charge is -2.29. The standard InChI is InChI=1S/C21H29N3O3/c1-4-13-24(21(26)22(2)3)17-20(25)23(16-19-11-8-15-27-19)14-12-18-9-6-5-7-10-18/h5-11,15H,4,12-14,16-17H2,1-3H3. The number of amides is 3. The summed E-state index contributed by atoms with van der Waals surface area (Å²) in [5, 5.41) is 0. The van der Waals surface area contributed by atoms with E-state index in [0.717, 1.165) is 18.6 Å². The molecule has 0 bridgehead atoms. The van der Waals surface area contributed by atoms with Crippen LogP contribution in [0, 0.1) is 0 Å². The number of furan rings is 1. The van der Waals surface area contributed by atoms with Crippen LogP contribution in [-0.2, 0) is 17.8 Å². The van der Waals surface area contributed by atoms with Gasteiger partial charge in [0, 0.05) is 27.2 Å². The summed E-state index contributed by atoms with van der Waals surface area (Å²) in [4.78, 5) is 30.2. The molecule has 1 aromatic heterocycles. The highest BCUT2D eigenvalue weighted by molar-refractivity contribution is 5.84. The Kier molecular flexibility index (Phi) is 7.92. The number of rotatable bonds is 9. The Morgan fingerprint density at radius 1 is 0.963 bits per heavy atom. The Hall–Kier alpha value is -2.76. The fraction of sp³-hybridized carbons (Fsp3) is 0.429. The van der Waals surface area contributed by atoms with Crippen LogP contribution < -0.4 is 0 Å². The van der Waals surface area contributed by atoms with Gasteiger partial charge in [-0.05, 0) is 30.5 Å². The SMILES string of the molecule is CCCN(CC(=O)N(CCc1ccccc1)Cc1ccco1)C(=O)N(C)C. The quantitative estimate of drug-likeness (QED) is 0.680. The second-order valence-corrected chi connectivity index (χ2v) is 6.73. The zero-order valence-electron chi connectivity index (χ0n) is 16.4. The number of benzene rings is 1. The van der Waals surface area contributed by atoms with Crippen LogP contribution >= 0.6 is 0 Å². The van der Waals surface area contributed by atoms with E-state index in [2.05, 4.69) is 12.1 Å². The number of urea groups is 1. The maximum atomic E-state index is 13.0. The third-order valence-electron chi connectivity index (χ3n) is 4.27. The Labute approximate surface area is 161 Å². The van der Waals surface area contributed by atoms with Gasteiger partial charge in [0.15, 0.2) is 0 Å². The molecule has 6 heteroatoms. The minimum Gasteiger partial charge on any atom is -0.467 e. The third-order valence-corrected chi connectivity index (χ3v) is 4.27. The smallest absolute Gasteiger partial charge is 0.319 e. The molecular formula is C21H29N3O3. The van der Waals surface area contributed by atoms with Crippen molar-refractivity contribution in [1.82, 2.24) is 14.7 Å². The monoisotopic (exact) mass is 371 g/mol. The number of hydrogen-bond acceptors (Lipinski definition) is 3. The van der Waals surface area contributed by atoms with E-state index in [1.807, 2.05) is 37.3 Å². The molecule has 27 heavy (non-hydrogen) atoms. The predicted molar refractivity (Wildman–Crippen MR) is 105 cm³/mol. The lowest BCUT2D eigenvalue weighted by Crippen LogP contribution is -2.46. The molecule has 1 heterocycles. The van der Waals surface area contributed by atoms with Gasteiger partial charge in [-0.15, -0.1) is 0 Å². The first-order valence-corrected chi connectivity index (χ1v) is 9.31. The van der Waals surface area contributed by atoms with E-state index < -0.39 is 0 Å². The number of nitrogens with zero attached hydrogens (tertiary/aromatic N) is 3. The summed E-state index contributed by atoms with van der Waals surface area (Å²) < 4.78 is 5.42. The highest BCUT2D eigenvalue weighted by Crippen LogP contribution is 2.10. The second-order valence-electron chi connectivity index (χ2n) is 6.73. The van der Waals surface area contributed by atoms with E-state index in [-0.39, 0.29) is 18.5 Å². The molecule has 2 aromatic rings. The molecule has 1 aromatic carbocycles. The van der Waals surface area contributed by atoms with E-state index in [1.54, 1.807) is 30.2 Å². The van der Waals surface area contributed by atoms with Crippen molar-refractivity contribution in [2.45, 2.75) is 26.3 Å². The van der Waals surface area contributed by atoms with Gasteiger partial charge in [0.1, 0.15) is 12.3 Å². The highest BCUT2D eigenvalue weighted by Gasteiger charge is 2.22. The maximum absolute atomic E-state index is 13.0. The molecule has 2 rings (SSSR count). The Balaban J connectivity index is 2.07. The number of carbonyl (C=O) groups excluding carboxylic acids is 2. The molecule has 0 atom stereocenters. The summed E-state index contributed by atoms with van der Waals surface area (Å²) in [5.41, 5.74) is 1.17. The van der Waals surface area contributed by atoms with Crippen LogP contribution in [0.2, 0.25) is 0 Å². The molecule has 0 aliphatic carbocycles. The molecule has 0 N–H and O–H groups in total. The molecular weight excluding hydrogens is 342 g/mol. The summed E-state index contributed by atoms with van der Waals surface area (Å²) in [5.74, 6) is 0.656. The first-order valence-electron chi connectivity index (χ1n) is 9.31. The molecule has 0 spiro atoms. The van der Waals surface area contributed by atoms with Gasteiger partial charge in [-0.1, -0.05) is 37.3 Å². The van der Waals surface area contributed by atoms with Crippen LogP contribution in [-0.4, -0.2) is 60.4 Å². The van der Waals surface area contributed by atoms with Gasteiger partial charge in [-0.2, -0.15) is 0 Å². The Morgan fingerprint density at radius 3 is 2.30 bits per heavy atom. The normalized spacial score (nSPS) is 10.5. The average Bonchev–Trinajstić information content (AvgIpc) is 3.18. The minimum atomic E-state index is -0.147. The van der Waals surface area contributed by atoms with E-state index in [0.29, 0.717) is 19.6 Å². The van der Waals surface area contributed by atoms with Gasteiger partial charge < -0.3 is 19.1 Å². The number of hydrogen-bond donors (Lipinski definition) is 0. The van der Waals surface area contributed by atoms with E-state index >= 15 is 0 Å². The molecule has 146 valence electrons. The van der Waals surface area contributed by atoms with Crippen LogP contribution in [0.4, 0.5) is 4.79 Å². The molecule has 6 nitrogen and oxygen atoms in total. The van der Waals surface area contributed by atoms with Gasteiger partial charge in [-0.25, -0.2) is 4.79 Å². The fourth-order valence-electron chi connectivity index (χ4n) is 2.85. The van der Waals surface area contributed by atoms with E-state index in [4.69, 9.17) is 4.42 Å². The van der Waals surface area contributed by atoms with Gasteiger partial charge in [0.2, 0.25) is 5.91 Å². The first kappa shape index (κ1) is 20.6. The van der Waals surface area contributed by atoms with Crippen molar-refractivity contribution < 1.29 is 14.0 Å². The summed E-state index contributed by atoms with van der Waals surface area (Å²) in [6.45, 7) is 3.58. The lowest BCUT2D eigenvalue weighted by atomic mass is 10.1. The molecule has 0 aliphatic heterocycles. The molecule has 0 unspecified atom stereocenters. The second kappa shape index (κ2) is 10.4. The average molecular weight is 371 g/mol. The van der Waals surface area contributed by atoms with Gasteiger partial charge in [-0.3, -0.25) is 4.79 Å². The summed E-state index contributed by atoms with van der Waals surface area (Å²) >= 11 is 0. The molecule has 3 amide bonds. The zero-order chi connectivity index (χ0) is 19.6. The first-order chi connectivity index (χ1) is 13.0. The topological polar surface area (TPSA) is 57.0 Å². The summed E-state index contributed by atoms with van der Waals surface area (Å²) in [6, 6.07) is 13.6. The zero-order valence-corrected chi connectivity index (χ0v) is 16.4. The molecule has 0 fully saturated rings. The van der Waals surface area contributed by atoms with Crippen molar-refractivity contribution in [2.75, 3.05) is 33.7 Å². The van der Waals surface area contributed by atoms with Crippen molar-refractivity contribution in [3.05, 3.63) is 60.1 Å². The number of carbonyl (C=O) groups is 2. The van der Waals surface area contributed by atoms with Gasteiger partial charge in [0.25, 0.3) is 0 Å². The van der Waals surface area contributed by atoms with Crippen LogP contribution in [0.3, 0.4) is 0 Å². The van der Waals surface area contributed by atoms with Crippen molar-refractivity contribution in [3.63, 3.8) is 0 Å². The van der Waals surface area contributed by atoms with Crippen molar-refractivity contribution in [1.29, 1.82) is 0 Å². The van der Waals surface area contributed by atoms with Crippen LogP contribution in [0.1, 0.15) is 24.7 Å². The minimum absolute atomic E-state index is 0.0698. The Morgan fingerprint density at radius 2 is 1.70 bits per heavy atom. The van der Waals surface area contributed by atoms with Crippen molar-refractivity contribution in [3.8, 4) is 0 Å². The third kappa shape index (κ3) is 6.47. The van der Waals surface area contributed by atoms with Crippen molar-refractivity contribution >= 4 is 11.9 Å². The van der Waals surface area contributed by atoms with Crippen LogP contribution in [0.25, 0.3) is 0 Å². The molecule has 0 saturated carbocycles. The van der Waals surface area contributed by atoms with Gasteiger partial charge in [0.05, 0.1) is 12.8 Å². The Bertz CT molecular complexity index is 699. The molecule has 0 saturated heterocycles. The highest BCUT2D eigenvalue weighted by atomic mass is 16.3.